The number of aromatic nitrogens is 1. The Balaban J connectivity index is 1.45. The summed E-state index contributed by atoms with van der Waals surface area (Å²) in [7, 11) is 0. The largest absolute Gasteiger partial charge is 0.368 e. The van der Waals surface area contributed by atoms with Gasteiger partial charge in [-0.05, 0) is 35.7 Å². The molecule has 2 aromatic heterocycles. The van der Waals surface area contributed by atoms with E-state index in [9.17, 15) is 4.79 Å². The van der Waals surface area contributed by atoms with Crippen molar-refractivity contribution >= 4 is 22.9 Å². The highest BCUT2D eigenvalue weighted by Gasteiger charge is 2.22. The number of benzene rings is 1. The lowest BCUT2D eigenvalue weighted by atomic mass is 10.1. The fourth-order valence-electron chi connectivity index (χ4n) is 3.11. The lowest BCUT2D eigenvalue weighted by Gasteiger charge is -2.36. The van der Waals surface area contributed by atoms with E-state index in [2.05, 4.69) is 34.1 Å². The van der Waals surface area contributed by atoms with Crippen molar-refractivity contribution in [1.29, 1.82) is 0 Å². The van der Waals surface area contributed by atoms with Gasteiger partial charge in [-0.15, -0.1) is 11.3 Å². The number of carbonyl (C=O) groups is 1. The summed E-state index contributed by atoms with van der Waals surface area (Å²) in [4.78, 5) is 22.6. The molecule has 1 fully saturated rings. The maximum atomic E-state index is 12.8. The van der Waals surface area contributed by atoms with E-state index in [4.69, 9.17) is 0 Å². The quantitative estimate of drug-likeness (QED) is 0.722. The SMILES string of the molecule is O=C(c1ccnc(-c2cccs2)c1)N1CCN(c2ccccc2)CC1. The number of anilines is 1. The molecule has 1 amide bonds. The molecule has 0 unspecified atom stereocenters. The summed E-state index contributed by atoms with van der Waals surface area (Å²) in [5.74, 6) is 0.0907. The Morgan fingerprint density at radius 3 is 2.48 bits per heavy atom. The maximum absolute atomic E-state index is 12.8. The minimum Gasteiger partial charge on any atom is -0.368 e. The Morgan fingerprint density at radius 1 is 0.960 bits per heavy atom. The number of para-hydroxylation sites is 1. The number of hydrogen-bond donors (Lipinski definition) is 0. The van der Waals surface area contributed by atoms with Gasteiger partial charge >= 0.3 is 0 Å². The number of carbonyl (C=O) groups excluding carboxylic acids is 1. The number of rotatable bonds is 3. The average molecular weight is 349 g/mol. The van der Waals surface area contributed by atoms with Crippen LogP contribution in [0, 0.1) is 0 Å². The summed E-state index contributed by atoms with van der Waals surface area (Å²) in [5.41, 5.74) is 2.80. The number of pyridine rings is 1. The molecular formula is C20H19N3OS. The van der Waals surface area contributed by atoms with Crippen molar-refractivity contribution in [1.82, 2.24) is 9.88 Å². The molecule has 1 saturated heterocycles. The smallest absolute Gasteiger partial charge is 0.254 e. The fourth-order valence-corrected chi connectivity index (χ4v) is 3.81. The van der Waals surface area contributed by atoms with Crippen LogP contribution in [0.3, 0.4) is 0 Å². The maximum Gasteiger partial charge on any atom is 0.254 e. The van der Waals surface area contributed by atoms with Crippen molar-refractivity contribution in [2.45, 2.75) is 0 Å². The van der Waals surface area contributed by atoms with Crippen molar-refractivity contribution in [2.75, 3.05) is 31.1 Å². The van der Waals surface area contributed by atoms with Crippen LogP contribution in [0.25, 0.3) is 10.6 Å². The summed E-state index contributed by atoms with van der Waals surface area (Å²) in [6.07, 6.45) is 1.72. The second kappa shape index (κ2) is 7.07. The minimum absolute atomic E-state index is 0.0907. The summed E-state index contributed by atoms with van der Waals surface area (Å²) in [6, 6.07) is 18.1. The lowest BCUT2D eigenvalue weighted by Crippen LogP contribution is -2.48. The van der Waals surface area contributed by atoms with E-state index >= 15 is 0 Å². The Labute approximate surface area is 151 Å². The third-order valence-corrected chi connectivity index (χ3v) is 5.36. The van der Waals surface area contributed by atoms with Gasteiger partial charge in [-0.1, -0.05) is 24.3 Å². The summed E-state index contributed by atoms with van der Waals surface area (Å²) in [5, 5.41) is 2.02. The second-order valence-corrected chi connectivity index (χ2v) is 6.97. The molecule has 1 aliphatic heterocycles. The van der Waals surface area contributed by atoms with Crippen molar-refractivity contribution in [3.63, 3.8) is 0 Å². The summed E-state index contributed by atoms with van der Waals surface area (Å²) >= 11 is 1.64. The van der Waals surface area contributed by atoms with E-state index in [1.807, 2.05) is 40.6 Å². The van der Waals surface area contributed by atoms with E-state index in [0.717, 1.165) is 36.8 Å². The van der Waals surface area contributed by atoms with Crippen LogP contribution in [-0.2, 0) is 0 Å². The molecule has 4 rings (SSSR count). The normalized spacial score (nSPS) is 14.6. The Hall–Kier alpha value is -2.66. The highest BCUT2D eigenvalue weighted by molar-refractivity contribution is 7.13. The van der Waals surface area contributed by atoms with Gasteiger partial charge in [-0.3, -0.25) is 9.78 Å². The van der Waals surface area contributed by atoms with Crippen molar-refractivity contribution in [3.8, 4) is 10.6 Å². The molecule has 5 heteroatoms. The Bertz CT molecular complexity index is 840. The summed E-state index contributed by atoms with van der Waals surface area (Å²) in [6.45, 7) is 3.20. The van der Waals surface area contributed by atoms with Crippen LogP contribution in [0.1, 0.15) is 10.4 Å². The molecule has 3 aromatic rings. The van der Waals surface area contributed by atoms with Gasteiger partial charge < -0.3 is 9.80 Å². The van der Waals surface area contributed by atoms with E-state index in [1.165, 1.54) is 5.69 Å². The van der Waals surface area contributed by atoms with E-state index in [1.54, 1.807) is 17.5 Å². The first-order valence-corrected chi connectivity index (χ1v) is 9.28. The topological polar surface area (TPSA) is 36.4 Å². The summed E-state index contributed by atoms with van der Waals surface area (Å²) < 4.78 is 0. The number of piperazine rings is 1. The van der Waals surface area contributed by atoms with Gasteiger partial charge in [-0.25, -0.2) is 0 Å². The molecule has 0 aliphatic carbocycles. The third-order valence-electron chi connectivity index (χ3n) is 4.47. The molecule has 0 saturated carbocycles. The Morgan fingerprint density at radius 2 is 1.76 bits per heavy atom. The molecule has 0 atom stereocenters. The van der Waals surface area contributed by atoms with Gasteiger partial charge in [-0.2, -0.15) is 0 Å². The van der Waals surface area contributed by atoms with Gasteiger partial charge in [0.15, 0.2) is 0 Å². The van der Waals surface area contributed by atoms with Crippen molar-refractivity contribution in [2.24, 2.45) is 0 Å². The third kappa shape index (κ3) is 3.42. The van der Waals surface area contributed by atoms with Gasteiger partial charge in [0.25, 0.3) is 5.91 Å². The van der Waals surface area contributed by atoms with Gasteiger partial charge in [0.1, 0.15) is 0 Å². The highest BCUT2D eigenvalue weighted by Crippen LogP contribution is 2.24. The molecular weight excluding hydrogens is 330 g/mol. The molecule has 1 aliphatic rings. The molecule has 0 radical (unpaired) electrons. The number of amides is 1. The highest BCUT2D eigenvalue weighted by atomic mass is 32.1. The molecule has 1 aromatic carbocycles. The van der Waals surface area contributed by atoms with Gasteiger partial charge in [0.2, 0.25) is 0 Å². The predicted octanol–water partition coefficient (Wildman–Crippen LogP) is 3.77. The first kappa shape index (κ1) is 15.8. The number of hydrogen-bond acceptors (Lipinski definition) is 4. The standard InChI is InChI=1S/C20H19N3OS/c24-20(16-8-9-21-18(15-16)19-7-4-14-25-19)23-12-10-22(11-13-23)17-5-2-1-3-6-17/h1-9,14-15H,10-13H2. The zero-order valence-corrected chi connectivity index (χ0v) is 14.7. The van der Waals surface area contributed by atoms with E-state index in [0.29, 0.717) is 5.56 Å². The Kier molecular flexibility index (Phi) is 4.48. The minimum atomic E-state index is 0.0907. The lowest BCUT2D eigenvalue weighted by molar-refractivity contribution is 0.0746. The molecule has 3 heterocycles. The van der Waals surface area contributed by atoms with E-state index < -0.39 is 0 Å². The van der Waals surface area contributed by atoms with Crippen LogP contribution in [0.15, 0.2) is 66.2 Å². The first-order chi connectivity index (χ1) is 12.3. The monoisotopic (exact) mass is 349 g/mol. The van der Waals surface area contributed by atoms with E-state index in [-0.39, 0.29) is 5.91 Å². The number of thiophene rings is 1. The molecule has 126 valence electrons. The second-order valence-electron chi connectivity index (χ2n) is 6.02. The molecule has 25 heavy (non-hydrogen) atoms. The van der Waals surface area contributed by atoms with Crippen molar-refractivity contribution in [3.05, 3.63) is 71.7 Å². The van der Waals surface area contributed by atoms with Gasteiger partial charge in [0, 0.05) is 43.6 Å². The predicted molar refractivity (Wildman–Crippen MR) is 102 cm³/mol. The molecule has 0 N–H and O–H groups in total. The van der Waals surface area contributed by atoms with Crippen LogP contribution >= 0.6 is 11.3 Å². The fraction of sp³-hybridized carbons (Fsp3) is 0.200. The van der Waals surface area contributed by atoms with Crippen LogP contribution in [-0.4, -0.2) is 42.0 Å². The van der Waals surface area contributed by atoms with Gasteiger partial charge in [0.05, 0.1) is 10.6 Å². The molecule has 4 nitrogen and oxygen atoms in total. The number of nitrogens with zero attached hydrogens (tertiary/aromatic N) is 3. The van der Waals surface area contributed by atoms with Crippen LogP contribution in [0.4, 0.5) is 5.69 Å². The van der Waals surface area contributed by atoms with Crippen LogP contribution in [0.5, 0.6) is 0 Å². The zero-order chi connectivity index (χ0) is 17.1. The van der Waals surface area contributed by atoms with Crippen LogP contribution < -0.4 is 4.90 Å². The van der Waals surface area contributed by atoms with Crippen LogP contribution in [0.2, 0.25) is 0 Å². The average Bonchev–Trinajstić information content (AvgIpc) is 3.23. The van der Waals surface area contributed by atoms with Crippen molar-refractivity contribution < 1.29 is 4.79 Å². The molecule has 0 bridgehead atoms. The first-order valence-electron chi connectivity index (χ1n) is 8.40. The zero-order valence-electron chi connectivity index (χ0n) is 13.8. The molecule has 0 spiro atoms.